The smallest absolute Gasteiger partial charge is 0.246 e. The van der Waals surface area contributed by atoms with E-state index in [-0.39, 0.29) is 31.1 Å². The molecule has 1 amide bonds. The van der Waals surface area contributed by atoms with Crippen LogP contribution < -0.4 is 5.32 Å². The molecule has 1 fully saturated rings. The molecule has 0 spiro atoms. The Kier molecular flexibility index (Phi) is 7.16. The standard InChI is InChI=1S/C12H23NO4/c1-16-6-7-17-9-12(15)13-11-5-3-2-4-10(11)8-14/h10-11,14H,2-9H2,1H3,(H,13,15). The molecule has 1 rings (SSSR count). The molecule has 0 saturated heterocycles. The lowest BCUT2D eigenvalue weighted by atomic mass is 9.85. The second kappa shape index (κ2) is 8.44. The van der Waals surface area contributed by atoms with Crippen LogP contribution in [0.2, 0.25) is 0 Å². The first-order valence-corrected chi connectivity index (χ1v) is 6.24. The van der Waals surface area contributed by atoms with Crippen molar-refractivity contribution in [3.05, 3.63) is 0 Å². The Labute approximate surface area is 102 Å². The molecular weight excluding hydrogens is 222 g/mol. The van der Waals surface area contributed by atoms with Gasteiger partial charge in [0.05, 0.1) is 13.2 Å². The van der Waals surface area contributed by atoms with Gasteiger partial charge in [-0.15, -0.1) is 0 Å². The van der Waals surface area contributed by atoms with Crippen molar-refractivity contribution in [3.8, 4) is 0 Å². The highest BCUT2D eigenvalue weighted by atomic mass is 16.5. The first-order chi connectivity index (χ1) is 8.27. The maximum atomic E-state index is 11.6. The number of aliphatic hydroxyl groups is 1. The fourth-order valence-electron chi connectivity index (χ4n) is 2.17. The second-order valence-electron chi connectivity index (χ2n) is 4.45. The van der Waals surface area contributed by atoms with Crippen LogP contribution in [0.1, 0.15) is 25.7 Å². The SMILES string of the molecule is COCCOCC(=O)NC1CCCCC1CO. The molecule has 0 aliphatic heterocycles. The molecule has 5 nitrogen and oxygen atoms in total. The minimum Gasteiger partial charge on any atom is -0.396 e. The summed E-state index contributed by atoms with van der Waals surface area (Å²) in [5.41, 5.74) is 0. The van der Waals surface area contributed by atoms with E-state index in [1.54, 1.807) is 7.11 Å². The molecule has 0 aromatic rings. The summed E-state index contributed by atoms with van der Waals surface area (Å²) in [5.74, 6) is 0.0955. The summed E-state index contributed by atoms with van der Waals surface area (Å²) in [5, 5.41) is 12.2. The molecule has 2 atom stereocenters. The third kappa shape index (κ3) is 5.48. The summed E-state index contributed by atoms with van der Waals surface area (Å²) in [4.78, 5) is 11.6. The van der Waals surface area contributed by atoms with Gasteiger partial charge in [-0.3, -0.25) is 4.79 Å². The van der Waals surface area contributed by atoms with Crippen molar-refractivity contribution in [2.24, 2.45) is 5.92 Å². The molecule has 2 N–H and O–H groups in total. The van der Waals surface area contributed by atoms with Crippen LogP contribution in [-0.4, -0.2) is 50.6 Å². The average Bonchev–Trinajstić information content (AvgIpc) is 2.35. The molecule has 0 radical (unpaired) electrons. The maximum Gasteiger partial charge on any atom is 0.246 e. The third-order valence-corrected chi connectivity index (χ3v) is 3.15. The summed E-state index contributed by atoms with van der Waals surface area (Å²) in [6, 6.07) is 0.104. The van der Waals surface area contributed by atoms with Crippen molar-refractivity contribution in [2.75, 3.05) is 33.5 Å². The van der Waals surface area contributed by atoms with Gasteiger partial charge in [0.25, 0.3) is 0 Å². The third-order valence-electron chi connectivity index (χ3n) is 3.15. The molecule has 2 unspecified atom stereocenters. The Hall–Kier alpha value is -0.650. The van der Waals surface area contributed by atoms with E-state index in [9.17, 15) is 9.90 Å². The zero-order valence-electron chi connectivity index (χ0n) is 10.5. The van der Waals surface area contributed by atoms with E-state index in [1.807, 2.05) is 0 Å². The summed E-state index contributed by atoms with van der Waals surface area (Å²) < 4.78 is 9.97. The van der Waals surface area contributed by atoms with Gasteiger partial charge >= 0.3 is 0 Å². The van der Waals surface area contributed by atoms with Crippen LogP contribution in [-0.2, 0) is 14.3 Å². The first-order valence-electron chi connectivity index (χ1n) is 6.24. The summed E-state index contributed by atoms with van der Waals surface area (Å²) in [6.45, 7) is 1.14. The number of hydrogen-bond donors (Lipinski definition) is 2. The van der Waals surface area contributed by atoms with Crippen molar-refractivity contribution in [1.29, 1.82) is 0 Å². The summed E-state index contributed by atoms with van der Waals surface area (Å²) in [6.07, 6.45) is 4.20. The molecule has 1 aliphatic rings. The number of amides is 1. The van der Waals surface area contributed by atoms with Gasteiger partial charge in [-0.25, -0.2) is 0 Å². The van der Waals surface area contributed by atoms with Crippen LogP contribution in [0, 0.1) is 5.92 Å². The van der Waals surface area contributed by atoms with Gasteiger partial charge in [-0.05, 0) is 12.8 Å². The van der Waals surface area contributed by atoms with Crippen LogP contribution in [0.3, 0.4) is 0 Å². The molecule has 17 heavy (non-hydrogen) atoms. The average molecular weight is 245 g/mol. The number of methoxy groups -OCH3 is 1. The van der Waals surface area contributed by atoms with Gasteiger partial charge in [-0.1, -0.05) is 12.8 Å². The van der Waals surface area contributed by atoms with Crippen LogP contribution in [0.4, 0.5) is 0 Å². The highest BCUT2D eigenvalue weighted by Gasteiger charge is 2.25. The van der Waals surface area contributed by atoms with Crippen LogP contribution in [0.15, 0.2) is 0 Å². The van der Waals surface area contributed by atoms with Gasteiger partial charge in [0.1, 0.15) is 6.61 Å². The van der Waals surface area contributed by atoms with Gasteiger partial charge in [0.15, 0.2) is 0 Å². The maximum absolute atomic E-state index is 11.6. The summed E-state index contributed by atoms with van der Waals surface area (Å²) in [7, 11) is 1.59. The minimum atomic E-state index is -0.105. The lowest BCUT2D eigenvalue weighted by molar-refractivity contribution is -0.127. The van der Waals surface area contributed by atoms with Crippen LogP contribution in [0.5, 0.6) is 0 Å². The second-order valence-corrected chi connectivity index (χ2v) is 4.45. The van der Waals surface area contributed by atoms with Gasteiger partial charge in [-0.2, -0.15) is 0 Å². The minimum absolute atomic E-state index is 0.0675. The number of carbonyl (C=O) groups excluding carboxylic acids is 1. The van der Waals surface area contributed by atoms with Gasteiger partial charge < -0.3 is 19.9 Å². The lowest BCUT2D eigenvalue weighted by Crippen LogP contribution is -2.44. The van der Waals surface area contributed by atoms with E-state index < -0.39 is 0 Å². The Morgan fingerprint density at radius 1 is 1.35 bits per heavy atom. The molecule has 0 aromatic heterocycles. The number of ether oxygens (including phenoxy) is 2. The molecule has 1 aliphatic carbocycles. The Morgan fingerprint density at radius 3 is 2.82 bits per heavy atom. The quantitative estimate of drug-likeness (QED) is 0.634. The topological polar surface area (TPSA) is 67.8 Å². The van der Waals surface area contributed by atoms with Crippen molar-refractivity contribution in [3.63, 3.8) is 0 Å². The normalized spacial score (nSPS) is 24.6. The zero-order valence-corrected chi connectivity index (χ0v) is 10.5. The predicted molar refractivity (Wildman–Crippen MR) is 63.7 cm³/mol. The largest absolute Gasteiger partial charge is 0.396 e. The molecular formula is C12H23NO4. The van der Waals surface area contributed by atoms with Crippen molar-refractivity contribution >= 4 is 5.91 Å². The van der Waals surface area contributed by atoms with Crippen LogP contribution in [0.25, 0.3) is 0 Å². The lowest BCUT2D eigenvalue weighted by Gasteiger charge is -2.30. The summed E-state index contributed by atoms with van der Waals surface area (Å²) >= 11 is 0. The number of carbonyl (C=O) groups is 1. The van der Waals surface area contributed by atoms with E-state index >= 15 is 0 Å². The Bertz CT molecular complexity index is 223. The molecule has 0 aromatic carbocycles. The number of aliphatic hydroxyl groups excluding tert-OH is 1. The molecule has 0 heterocycles. The highest BCUT2D eigenvalue weighted by Crippen LogP contribution is 2.23. The highest BCUT2D eigenvalue weighted by molar-refractivity contribution is 5.77. The van der Waals surface area contributed by atoms with E-state index in [4.69, 9.17) is 9.47 Å². The fraction of sp³-hybridized carbons (Fsp3) is 0.917. The van der Waals surface area contributed by atoms with Crippen molar-refractivity contribution in [1.82, 2.24) is 5.32 Å². The van der Waals surface area contributed by atoms with Crippen molar-refractivity contribution < 1.29 is 19.4 Å². The number of hydrogen-bond acceptors (Lipinski definition) is 4. The molecule has 1 saturated carbocycles. The monoisotopic (exact) mass is 245 g/mol. The van der Waals surface area contributed by atoms with Crippen molar-refractivity contribution in [2.45, 2.75) is 31.7 Å². The molecule has 100 valence electrons. The van der Waals surface area contributed by atoms with Gasteiger partial charge in [0, 0.05) is 25.7 Å². The molecule has 5 heteroatoms. The van der Waals surface area contributed by atoms with E-state index in [0.717, 1.165) is 25.7 Å². The Balaban J connectivity index is 2.19. The van der Waals surface area contributed by atoms with Gasteiger partial charge in [0.2, 0.25) is 5.91 Å². The van der Waals surface area contributed by atoms with Crippen LogP contribution >= 0.6 is 0 Å². The zero-order chi connectivity index (χ0) is 12.5. The Morgan fingerprint density at radius 2 is 2.12 bits per heavy atom. The molecule has 0 bridgehead atoms. The number of nitrogens with one attached hydrogen (secondary N) is 1. The number of rotatable bonds is 7. The fourth-order valence-corrected chi connectivity index (χ4v) is 2.17. The van der Waals surface area contributed by atoms with E-state index in [1.165, 1.54) is 0 Å². The van der Waals surface area contributed by atoms with E-state index in [0.29, 0.717) is 13.2 Å². The first kappa shape index (κ1) is 14.4. The van der Waals surface area contributed by atoms with E-state index in [2.05, 4.69) is 5.32 Å². The predicted octanol–water partition coefficient (Wildman–Crippen LogP) is 0.317.